The molecule has 8 heteroatoms. The van der Waals surface area contributed by atoms with Crippen LogP contribution in [0.3, 0.4) is 0 Å². The Morgan fingerprint density at radius 2 is 1.95 bits per heavy atom. The van der Waals surface area contributed by atoms with Crippen molar-refractivity contribution in [3.63, 3.8) is 0 Å². The molecule has 110 valence electrons. The van der Waals surface area contributed by atoms with Gasteiger partial charge in [0.05, 0.1) is 14.9 Å². The third kappa shape index (κ3) is 2.56. The van der Waals surface area contributed by atoms with E-state index in [0.717, 1.165) is 10.9 Å². The molecular weight excluding hydrogens is 352 g/mol. The molecule has 1 heterocycles. The first-order chi connectivity index (χ1) is 10.6. The van der Waals surface area contributed by atoms with Crippen LogP contribution < -0.4 is 0 Å². The number of nitrogens with zero attached hydrogens (tertiary/aromatic N) is 3. The fourth-order valence-electron chi connectivity index (χ4n) is 2.01. The van der Waals surface area contributed by atoms with Gasteiger partial charge in [-0.2, -0.15) is 0 Å². The number of fused-ring (bicyclic) bond motifs is 1. The summed E-state index contributed by atoms with van der Waals surface area (Å²) in [6.07, 6.45) is 0. The zero-order valence-electron chi connectivity index (χ0n) is 11.0. The predicted octanol–water partition coefficient (Wildman–Crippen LogP) is 4.96. The number of benzene rings is 2. The Kier molecular flexibility index (Phi) is 3.60. The number of aromatic amines is 1. The number of H-pyrrole nitrogens is 1. The highest BCUT2D eigenvalue weighted by molar-refractivity contribution is 9.10. The SMILES string of the molecule is O=[N+]([O-])c1ccc(N=Nc2c(O)[nH]c3ccccc23)c(Br)c1. The van der Waals surface area contributed by atoms with Crippen molar-refractivity contribution in [2.24, 2.45) is 10.2 Å². The molecule has 1 aromatic heterocycles. The van der Waals surface area contributed by atoms with E-state index in [1.165, 1.54) is 18.2 Å². The number of nitro groups is 1. The molecule has 0 spiro atoms. The number of hydrogen-bond donors (Lipinski definition) is 2. The van der Waals surface area contributed by atoms with Gasteiger partial charge in [0.25, 0.3) is 5.69 Å². The molecule has 0 atom stereocenters. The van der Waals surface area contributed by atoms with Crippen molar-refractivity contribution < 1.29 is 10.0 Å². The molecule has 0 bridgehead atoms. The van der Waals surface area contributed by atoms with Gasteiger partial charge in [0, 0.05) is 17.5 Å². The molecule has 0 saturated heterocycles. The van der Waals surface area contributed by atoms with Crippen molar-refractivity contribution >= 4 is 43.9 Å². The number of aromatic hydroxyl groups is 1. The molecule has 0 radical (unpaired) electrons. The summed E-state index contributed by atoms with van der Waals surface area (Å²) < 4.78 is 0.449. The van der Waals surface area contributed by atoms with E-state index in [9.17, 15) is 15.2 Å². The predicted molar refractivity (Wildman–Crippen MR) is 84.9 cm³/mol. The zero-order chi connectivity index (χ0) is 15.7. The maximum atomic E-state index is 10.7. The fourth-order valence-corrected chi connectivity index (χ4v) is 2.45. The molecule has 3 rings (SSSR count). The van der Waals surface area contributed by atoms with Crippen LogP contribution in [-0.2, 0) is 0 Å². The normalized spacial score (nSPS) is 11.3. The van der Waals surface area contributed by atoms with E-state index in [-0.39, 0.29) is 11.6 Å². The van der Waals surface area contributed by atoms with Gasteiger partial charge in [0.2, 0.25) is 5.88 Å². The molecule has 0 saturated carbocycles. The highest BCUT2D eigenvalue weighted by atomic mass is 79.9. The van der Waals surface area contributed by atoms with Gasteiger partial charge in [-0.25, -0.2) is 0 Å². The molecule has 0 fully saturated rings. The van der Waals surface area contributed by atoms with Crippen molar-refractivity contribution in [2.45, 2.75) is 0 Å². The van der Waals surface area contributed by atoms with Gasteiger partial charge < -0.3 is 10.1 Å². The smallest absolute Gasteiger partial charge is 0.270 e. The van der Waals surface area contributed by atoms with Gasteiger partial charge in [0.15, 0.2) is 5.69 Å². The van der Waals surface area contributed by atoms with Gasteiger partial charge in [0.1, 0.15) is 5.69 Å². The number of nitrogens with one attached hydrogen (secondary N) is 1. The second-order valence-electron chi connectivity index (χ2n) is 4.46. The lowest BCUT2D eigenvalue weighted by molar-refractivity contribution is -0.384. The van der Waals surface area contributed by atoms with Crippen LogP contribution in [0.5, 0.6) is 5.88 Å². The Labute approximate surface area is 132 Å². The second kappa shape index (κ2) is 5.57. The number of azo groups is 1. The first-order valence-corrected chi connectivity index (χ1v) is 7.01. The molecule has 22 heavy (non-hydrogen) atoms. The Morgan fingerprint density at radius 3 is 2.68 bits per heavy atom. The maximum absolute atomic E-state index is 10.7. The van der Waals surface area contributed by atoms with Gasteiger partial charge in [-0.05, 0) is 28.1 Å². The van der Waals surface area contributed by atoms with Crippen molar-refractivity contribution in [2.75, 3.05) is 0 Å². The van der Waals surface area contributed by atoms with Crippen LogP contribution in [0.15, 0.2) is 57.2 Å². The van der Waals surface area contributed by atoms with Crippen LogP contribution in [0.25, 0.3) is 10.9 Å². The summed E-state index contributed by atoms with van der Waals surface area (Å²) in [5.74, 6) is -0.0806. The highest BCUT2D eigenvalue weighted by Crippen LogP contribution is 2.37. The second-order valence-corrected chi connectivity index (χ2v) is 5.31. The van der Waals surface area contributed by atoms with E-state index in [1.807, 2.05) is 24.3 Å². The minimum atomic E-state index is -0.489. The summed E-state index contributed by atoms with van der Waals surface area (Å²) in [6.45, 7) is 0. The lowest BCUT2D eigenvalue weighted by atomic mass is 10.2. The van der Waals surface area contributed by atoms with Gasteiger partial charge in [-0.3, -0.25) is 10.1 Å². The molecule has 7 nitrogen and oxygen atoms in total. The molecule has 0 aliphatic heterocycles. The largest absolute Gasteiger partial charge is 0.493 e. The summed E-state index contributed by atoms with van der Waals surface area (Å²) in [6, 6.07) is 11.5. The Hall–Kier alpha value is -2.74. The monoisotopic (exact) mass is 360 g/mol. The minimum Gasteiger partial charge on any atom is -0.493 e. The van der Waals surface area contributed by atoms with E-state index in [0.29, 0.717) is 15.8 Å². The van der Waals surface area contributed by atoms with E-state index >= 15 is 0 Å². The average Bonchev–Trinajstić information content (AvgIpc) is 2.81. The first kappa shape index (κ1) is 14.2. The van der Waals surface area contributed by atoms with Crippen molar-refractivity contribution in [1.82, 2.24) is 4.98 Å². The average molecular weight is 361 g/mol. The summed E-state index contributed by atoms with van der Waals surface area (Å²) in [7, 11) is 0. The molecule has 2 aromatic carbocycles. The molecular formula is C14H9BrN4O3. The Balaban J connectivity index is 2.00. The molecule has 0 unspecified atom stereocenters. The Bertz CT molecular complexity index is 904. The zero-order valence-corrected chi connectivity index (χ0v) is 12.6. The first-order valence-electron chi connectivity index (χ1n) is 6.21. The van der Waals surface area contributed by atoms with Crippen LogP contribution in [0.4, 0.5) is 17.1 Å². The van der Waals surface area contributed by atoms with E-state index < -0.39 is 4.92 Å². The summed E-state index contributed by atoms with van der Waals surface area (Å²) >= 11 is 3.22. The third-order valence-electron chi connectivity index (χ3n) is 3.06. The van der Waals surface area contributed by atoms with Gasteiger partial charge in [-0.1, -0.05) is 18.2 Å². The van der Waals surface area contributed by atoms with Gasteiger partial charge in [-0.15, -0.1) is 10.2 Å². The van der Waals surface area contributed by atoms with Crippen molar-refractivity contribution in [1.29, 1.82) is 0 Å². The van der Waals surface area contributed by atoms with Crippen molar-refractivity contribution in [3.05, 3.63) is 57.1 Å². The maximum Gasteiger partial charge on any atom is 0.270 e. The number of non-ortho nitro benzene ring substituents is 1. The highest BCUT2D eigenvalue weighted by Gasteiger charge is 2.11. The third-order valence-corrected chi connectivity index (χ3v) is 3.69. The van der Waals surface area contributed by atoms with Crippen LogP contribution in [0.1, 0.15) is 0 Å². The lowest BCUT2D eigenvalue weighted by Gasteiger charge is -1.97. The number of hydrogen-bond acceptors (Lipinski definition) is 5. The van der Waals surface area contributed by atoms with Crippen LogP contribution >= 0.6 is 15.9 Å². The van der Waals surface area contributed by atoms with E-state index in [1.54, 1.807) is 0 Å². The number of nitro benzene ring substituents is 1. The molecule has 0 aliphatic carbocycles. The minimum absolute atomic E-state index is 0.0410. The number of aromatic nitrogens is 1. The number of halogens is 1. The summed E-state index contributed by atoms with van der Waals surface area (Å²) in [4.78, 5) is 13.0. The number of rotatable bonds is 3. The van der Waals surface area contributed by atoms with Crippen molar-refractivity contribution in [3.8, 4) is 5.88 Å². The fraction of sp³-hybridized carbons (Fsp3) is 0. The Morgan fingerprint density at radius 1 is 1.18 bits per heavy atom. The number of para-hydroxylation sites is 1. The molecule has 0 aliphatic rings. The summed E-state index contributed by atoms with van der Waals surface area (Å²) in [5.41, 5.74) is 1.45. The van der Waals surface area contributed by atoms with Gasteiger partial charge >= 0.3 is 0 Å². The van der Waals surface area contributed by atoms with Crippen LogP contribution in [-0.4, -0.2) is 15.0 Å². The summed E-state index contributed by atoms with van der Waals surface area (Å²) in [5, 5.41) is 29.4. The molecule has 2 N–H and O–H groups in total. The quantitative estimate of drug-likeness (QED) is 0.391. The molecule has 0 amide bonds. The lowest BCUT2D eigenvalue weighted by Crippen LogP contribution is -1.86. The molecule has 3 aromatic rings. The van der Waals surface area contributed by atoms with Crippen LogP contribution in [0.2, 0.25) is 0 Å². The van der Waals surface area contributed by atoms with Crippen LogP contribution in [0, 0.1) is 10.1 Å². The van der Waals surface area contributed by atoms with E-state index in [2.05, 4.69) is 31.1 Å². The van der Waals surface area contributed by atoms with E-state index in [4.69, 9.17) is 0 Å². The topological polar surface area (TPSA) is 104 Å². The standard InChI is InChI=1S/C14H9BrN4O3/c15-10-7-8(19(21)22)5-6-12(10)17-18-13-9-3-1-2-4-11(9)16-14(13)20/h1-7,16,20H.